The minimum absolute atomic E-state index is 0.146. The van der Waals surface area contributed by atoms with Crippen LogP contribution in [0, 0.1) is 5.92 Å². The second-order valence-corrected chi connectivity index (χ2v) is 14.9. The van der Waals surface area contributed by atoms with E-state index in [1.807, 2.05) is 51.1 Å². The molecule has 0 saturated carbocycles. The fraction of sp³-hybridized carbons (Fsp3) is 0.568. The van der Waals surface area contributed by atoms with Gasteiger partial charge in [0.2, 0.25) is 5.91 Å². The highest BCUT2D eigenvalue weighted by atomic mass is 16.6. The van der Waals surface area contributed by atoms with E-state index in [1.54, 1.807) is 60.6 Å². The van der Waals surface area contributed by atoms with E-state index in [9.17, 15) is 24.0 Å². The van der Waals surface area contributed by atoms with Gasteiger partial charge in [-0.05, 0) is 91.8 Å². The summed E-state index contributed by atoms with van der Waals surface area (Å²) in [5.74, 6) is -2.08. The van der Waals surface area contributed by atoms with E-state index in [2.05, 4.69) is 16.1 Å². The van der Waals surface area contributed by atoms with Gasteiger partial charge in [-0.2, -0.15) is 0 Å². The number of ether oxygens (including phenoxy) is 3. The standard InChI is InChI=1S/C37H53N5O8/c1-22(2)31(40-35(47)50-37(8,9)10)32(44)38-23(3)33(45)42-20-12-14-28(41-42)34(46)48-24(4)27-19-18-26-17-16-25(21-29(26)39-27)13-11-15-30(43)49-36(5,6)7/h11,13,16-19,21-24,28,31,41H,12,14-15,20H2,1-10H3,(H,38,44)(H,40,47)/b13-11+/t23-,24+,28?,31-/m0/s1. The van der Waals surface area contributed by atoms with E-state index >= 15 is 0 Å². The maximum atomic E-state index is 13.3. The number of pyridine rings is 1. The van der Waals surface area contributed by atoms with Crippen LogP contribution in [0.3, 0.4) is 0 Å². The number of amides is 3. The quantitative estimate of drug-likeness (QED) is 0.212. The summed E-state index contributed by atoms with van der Waals surface area (Å²) < 4.78 is 16.4. The average molecular weight is 696 g/mol. The van der Waals surface area contributed by atoms with Gasteiger partial charge in [0.25, 0.3) is 5.91 Å². The number of carbonyl (C=O) groups excluding carboxylic acids is 5. The summed E-state index contributed by atoms with van der Waals surface area (Å²) in [6.07, 6.45) is 3.32. The predicted octanol–water partition coefficient (Wildman–Crippen LogP) is 5.13. The van der Waals surface area contributed by atoms with Crippen molar-refractivity contribution in [2.75, 3.05) is 6.54 Å². The summed E-state index contributed by atoms with van der Waals surface area (Å²) in [7, 11) is 0. The molecule has 1 unspecified atom stereocenters. The third kappa shape index (κ3) is 12.4. The molecule has 3 amide bonds. The highest BCUT2D eigenvalue weighted by Gasteiger charge is 2.34. The largest absolute Gasteiger partial charge is 0.460 e. The zero-order valence-electron chi connectivity index (χ0n) is 30.9. The third-order valence-electron chi connectivity index (χ3n) is 7.55. The lowest BCUT2D eigenvalue weighted by Crippen LogP contribution is -2.61. The number of hydrogen-bond donors (Lipinski definition) is 3. The van der Waals surface area contributed by atoms with Gasteiger partial charge in [-0.15, -0.1) is 0 Å². The first kappa shape index (κ1) is 39.9. The number of nitrogens with one attached hydrogen (secondary N) is 3. The Kier molecular flexibility index (Phi) is 13.5. The first-order valence-electron chi connectivity index (χ1n) is 17.1. The molecule has 1 saturated heterocycles. The summed E-state index contributed by atoms with van der Waals surface area (Å²) >= 11 is 0. The van der Waals surface area contributed by atoms with Crippen molar-refractivity contribution in [3.8, 4) is 0 Å². The Morgan fingerprint density at radius 1 is 0.960 bits per heavy atom. The van der Waals surface area contributed by atoms with Gasteiger partial charge in [0.1, 0.15) is 35.4 Å². The molecule has 1 aromatic carbocycles. The molecule has 1 aliphatic rings. The molecule has 1 aromatic heterocycles. The monoisotopic (exact) mass is 695 g/mol. The van der Waals surface area contributed by atoms with Crippen molar-refractivity contribution in [2.24, 2.45) is 5.92 Å². The lowest BCUT2D eigenvalue weighted by Gasteiger charge is -2.35. The second-order valence-electron chi connectivity index (χ2n) is 14.9. The number of alkyl carbamates (subject to hydrolysis) is 1. The van der Waals surface area contributed by atoms with Crippen LogP contribution in [0.2, 0.25) is 0 Å². The SMILES string of the molecule is CC(C)[C@H](NC(=O)OC(C)(C)C)C(=O)N[C@@H](C)C(=O)N1CCCC(C(=O)O[C@H](C)c2ccc3ccc(/C=C/CC(=O)OC(C)(C)C)cc3n2)N1. The normalized spacial score (nSPS) is 17.2. The van der Waals surface area contributed by atoms with E-state index in [-0.39, 0.29) is 18.3 Å². The Hall–Kier alpha value is -4.52. The Balaban J connectivity index is 1.59. The Morgan fingerprint density at radius 3 is 2.26 bits per heavy atom. The summed E-state index contributed by atoms with van der Waals surface area (Å²) in [6, 6.07) is 6.80. The summed E-state index contributed by atoms with van der Waals surface area (Å²) in [5.41, 5.74) is 3.80. The van der Waals surface area contributed by atoms with Crippen LogP contribution in [0.4, 0.5) is 4.79 Å². The third-order valence-corrected chi connectivity index (χ3v) is 7.55. The summed E-state index contributed by atoms with van der Waals surface area (Å²) in [5, 5.41) is 7.49. The van der Waals surface area contributed by atoms with Crippen molar-refractivity contribution in [3.63, 3.8) is 0 Å². The van der Waals surface area contributed by atoms with Gasteiger partial charge in [0.15, 0.2) is 0 Å². The summed E-state index contributed by atoms with van der Waals surface area (Å²) in [6.45, 7) is 17.8. The number of hydrazine groups is 1. The Morgan fingerprint density at radius 2 is 1.62 bits per heavy atom. The minimum Gasteiger partial charge on any atom is -0.460 e. The van der Waals surface area contributed by atoms with Gasteiger partial charge in [-0.3, -0.25) is 24.2 Å². The minimum atomic E-state index is -0.941. The van der Waals surface area contributed by atoms with Gasteiger partial charge in [-0.1, -0.05) is 44.2 Å². The van der Waals surface area contributed by atoms with Gasteiger partial charge < -0.3 is 24.8 Å². The highest BCUT2D eigenvalue weighted by molar-refractivity contribution is 5.91. The molecule has 4 atom stereocenters. The van der Waals surface area contributed by atoms with Gasteiger partial charge in [0, 0.05) is 11.9 Å². The lowest BCUT2D eigenvalue weighted by atomic mass is 10.0. The maximum absolute atomic E-state index is 13.3. The zero-order chi connectivity index (χ0) is 37.4. The topological polar surface area (TPSA) is 165 Å². The average Bonchev–Trinajstić information content (AvgIpc) is 3.01. The van der Waals surface area contributed by atoms with E-state index < -0.39 is 59.3 Å². The highest BCUT2D eigenvalue weighted by Crippen LogP contribution is 2.23. The van der Waals surface area contributed by atoms with Crippen molar-refractivity contribution in [2.45, 2.75) is 124 Å². The smallest absolute Gasteiger partial charge is 0.408 e. The lowest BCUT2D eigenvalue weighted by molar-refractivity contribution is -0.157. The molecule has 0 spiro atoms. The Labute approximate surface area is 294 Å². The molecular weight excluding hydrogens is 642 g/mol. The fourth-order valence-corrected chi connectivity index (χ4v) is 5.15. The number of benzene rings is 1. The molecule has 3 N–H and O–H groups in total. The van der Waals surface area contributed by atoms with Crippen molar-refractivity contribution in [1.29, 1.82) is 0 Å². The number of hydrogen-bond acceptors (Lipinski definition) is 10. The number of esters is 2. The number of carbonyl (C=O) groups is 5. The van der Waals surface area contributed by atoms with Crippen LogP contribution in [-0.2, 0) is 33.4 Å². The van der Waals surface area contributed by atoms with Crippen molar-refractivity contribution in [3.05, 3.63) is 47.7 Å². The fourth-order valence-electron chi connectivity index (χ4n) is 5.15. The van der Waals surface area contributed by atoms with Gasteiger partial charge in [-0.25, -0.2) is 15.2 Å². The van der Waals surface area contributed by atoms with Crippen LogP contribution in [-0.4, -0.2) is 75.7 Å². The Bertz CT molecular complexity index is 1580. The van der Waals surface area contributed by atoms with Crippen LogP contribution in [0.5, 0.6) is 0 Å². The van der Waals surface area contributed by atoms with Crippen LogP contribution in [0.1, 0.15) is 106 Å². The molecular formula is C37H53N5O8. The van der Waals surface area contributed by atoms with Crippen molar-refractivity contribution < 1.29 is 38.2 Å². The molecule has 2 heterocycles. The van der Waals surface area contributed by atoms with E-state index in [0.717, 1.165) is 10.9 Å². The van der Waals surface area contributed by atoms with Crippen LogP contribution >= 0.6 is 0 Å². The molecule has 2 aromatic rings. The number of rotatable bonds is 11. The molecule has 13 nitrogen and oxygen atoms in total. The predicted molar refractivity (Wildman–Crippen MR) is 189 cm³/mol. The molecule has 13 heteroatoms. The van der Waals surface area contributed by atoms with E-state index in [4.69, 9.17) is 19.2 Å². The van der Waals surface area contributed by atoms with Crippen molar-refractivity contribution >= 4 is 46.8 Å². The molecule has 0 radical (unpaired) electrons. The van der Waals surface area contributed by atoms with E-state index in [0.29, 0.717) is 30.6 Å². The molecule has 0 aliphatic carbocycles. The number of nitrogens with zero attached hydrogens (tertiary/aromatic N) is 2. The first-order valence-corrected chi connectivity index (χ1v) is 17.1. The molecule has 1 fully saturated rings. The van der Waals surface area contributed by atoms with Crippen molar-refractivity contribution in [1.82, 2.24) is 26.1 Å². The maximum Gasteiger partial charge on any atom is 0.408 e. The molecule has 1 aliphatic heterocycles. The molecule has 3 rings (SSSR count). The first-order chi connectivity index (χ1) is 23.2. The summed E-state index contributed by atoms with van der Waals surface area (Å²) in [4.78, 5) is 68.6. The van der Waals surface area contributed by atoms with Crippen LogP contribution in [0.25, 0.3) is 17.0 Å². The van der Waals surface area contributed by atoms with Crippen LogP contribution < -0.4 is 16.1 Å². The molecule has 274 valence electrons. The number of fused-ring (bicyclic) bond motifs is 1. The number of aromatic nitrogens is 1. The molecule has 0 bridgehead atoms. The second kappa shape index (κ2) is 16.9. The zero-order valence-corrected chi connectivity index (χ0v) is 30.9. The molecule has 50 heavy (non-hydrogen) atoms. The van der Waals surface area contributed by atoms with Gasteiger partial charge >= 0.3 is 18.0 Å². The van der Waals surface area contributed by atoms with Crippen LogP contribution in [0.15, 0.2) is 36.4 Å². The van der Waals surface area contributed by atoms with E-state index in [1.165, 1.54) is 5.01 Å². The van der Waals surface area contributed by atoms with Gasteiger partial charge in [0.05, 0.1) is 17.6 Å².